The van der Waals surface area contributed by atoms with Gasteiger partial charge >= 0.3 is 0 Å². The summed E-state index contributed by atoms with van der Waals surface area (Å²) >= 11 is 5.97. The van der Waals surface area contributed by atoms with Crippen molar-refractivity contribution in [3.05, 3.63) is 29.0 Å². The van der Waals surface area contributed by atoms with Gasteiger partial charge in [-0.2, -0.15) is 0 Å². The highest BCUT2D eigenvalue weighted by molar-refractivity contribution is 6.30. The molecule has 1 aliphatic rings. The molecule has 0 spiro atoms. The van der Waals surface area contributed by atoms with Crippen LogP contribution in [0.5, 0.6) is 0 Å². The van der Waals surface area contributed by atoms with E-state index in [1.807, 2.05) is 12.1 Å². The van der Waals surface area contributed by atoms with Crippen molar-refractivity contribution < 1.29 is 0 Å². The SMILES string of the molecule is CC1CCC(N(C)Cc2cc(Cl)ccn2)CC1. The van der Waals surface area contributed by atoms with Crippen LogP contribution in [-0.2, 0) is 6.54 Å². The summed E-state index contributed by atoms with van der Waals surface area (Å²) in [6, 6.07) is 4.50. The van der Waals surface area contributed by atoms with Gasteiger partial charge in [0.2, 0.25) is 0 Å². The minimum absolute atomic E-state index is 0.715. The zero-order valence-corrected chi connectivity index (χ0v) is 11.5. The van der Waals surface area contributed by atoms with Crippen molar-refractivity contribution in [3.63, 3.8) is 0 Å². The second kappa shape index (κ2) is 5.83. The Balaban J connectivity index is 1.90. The fourth-order valence-corrected chi connectivity index (χ4v) is 2.79. The van der Waals surface area contributed by atoms with Crippen LogP contribution < -0.4 is 0 Å². The molecule has 94 valence electrons. The largest absolute Gasteiger partial charge is 0.298 e. The summed E-state index contributed by atoms with van der Waals surface area (Å²) in [5.41, 5.74) is 1.07. The first-order chi connectivity index (χ1) is 8.15. The first-order valence-electron chi connectivity index (χ1n) is 6.46. The van der Waals surface area contributed by atoms with Gasteiger partial charge < -0.3 is 0 Å². The van der Waals surface area contributed by atoms with Gasteiger partial charge in [-0.15, -0.1) is 0 Å². The van der Waals surface area contributed by atoms with Gasteiger partial charge in [0.15, 0.2) is 0 Å². The summed E-state index contributed by atoms with van der Waals surface area (Å²) in [6.07, 6.45) is 7.14. The minimum atomic E-state index is 0.715. The smallest absolute Gasteiger partial charge is 0.0558 e. The van der Waals surface area contributed by atoms with Crippen LogP contribution in [0.4, 0.5) is 0 Å². The molecular weight excluding hydrogens is 232 g/mol. The third-order valence-electron chi connectivity index (χ3n) is 3.80. The fraction of sp³-hybridized carbons (Fsp3) is 0.643. The molecule has 17 heavy (non-hydrogen) atoms. The molecule has 2 nitrogen and oxygen atoms in total. The van der Waals surface area contributed by atoms with Crippen LogP contribution >= 0.6 is 11.6 Å². The number of rotatable bonds is 3. The fourth-order valence-electron chi connectivity index (χ4n) is 2.60. The molecule has 1 aliphatic carbocycles. The zero-order valence-electron chi connectivity index (χ0n) is 10.7. The Morgan fingerprint density at radius 2 is 2.06 bits per heavy atom. The molecule has 1 aromatic rings. The predicted octanol–water partition coefficient (Wildman–Crippen LogP) is 3.75. The molecule has 0 saturated heterocycles. The van der Waals surface area contributed by atoms with Crippen molar-refractivity contribution in [1.82, 2.24) is 9.88 Å². The third kappa shape index (κ3) is 3.68. The highest BCUT2D eigenvalue weighted by Crippen LogP contribution is 2.27. The number of halogens is 1. The monoisotopic (exact) mass is 252 g/mol. The van der Waals surface area contributed by atoms with Crippen LogP contribution in [0, 0.1) is 5.92 Å². The van der Waals surface area contributed by atoms with Crippen LogP contribution in [0.3, 0.4) is 0 Å². The molecule has 1 heterocycles. The highest BCUT2D eigenvalue weighted by Gasteiger charge is 2.21. The summed E-state index contributed by atoms with van der Waals surface area (Å²) in [4.78, 5) is 6.78. The maximum atomic E-state index is 5.97. The summed E-state index contributed by atoms with van der Waals surface area (Å²) < 4.78 is 0. The average molecular weight is 253 g/mol. The van der Waals surface area contributed by atoms with Gasteiger partial charge in [-0.05, 0) is 50.8 Å². The number of pyridine rings is 1. The molecule has 0 radical (unpaired) electrons. The number of nitrogens with zero attached hydrogens (tertiary/aromatic N) is 2. The van der Waals surface area contributed by atoms with E-state index in [4.69, 9.17) is 11.6 Å². The van der Waals surface area contributed by atoms with Gasteiger partial charge in [0, 0.05) is 23.8 Å². The minimum Gasteiger partial charge on any atom is -0.298 e. The topological polar surface area (TPSA) is 16.1 Å². The maximum Gasteiger partial charge on any atom is 0.0558 e. The molecule has 1 saturated carbocycles. The van der Waals surface area contributed by atoms with Gasteiger partial charge in [-0.1, -0.05) is 18.5 Å². The molecule has 0 N–H and O–H groups in total. The van der Waals surface area contributed by atoms with Crippen molar-refractivity contribution in [2.45, 2.75) is 45.2 Å². The van der Waals surface area contributed by atoms with Gasteiger partial charge in [-0.25, -0.2) is 0 Å². The van der Waals surface area contributed by atoms with Crippen molar-refractivity contribution >= 4 is 11.6 Å². The van der Waals surface area contributed by atoms with E-state index in [0.29, 0.717) is 6.04 Å². The van der Waals surface area contributed by atoms with E-state index in [9.17, 15) is 0 Å². The molecule has 0 aromatic carbocycles. The van der Waals surface area contributed by atoms with Crippen molar-refractivity contribution in [3.8, 4) is 0 Å². The number of aromatic nitrogens is 1. The molecule has 0 amide bonds. The van der Waals surface area contributed by atoms with E-state index >= 15 is 0 Å². The lowest BCUT2D eigenvalue weighted by molar-refractivity contribution is 0.162. The van der Waals surface area contributed by atoms with E-state index in [1.165, 1.54) is 25.7 Å². The molecule has 0 aliphatic heterocycles. The second-order valence-corrected chi connectivity index (χ2v) is 5.73. The predicted molar refractivity (Wildman–Crippen MR) is 72.1 cm³/mol. The maximum absolute atomic E-state index is 5.97. The zero-order chi connectivity index (χ0) is 12.3. The molecule has 0 bridgehead atoms. The third-order valence-corrected chi connectivity index (χ3v) is 4.03. The Kier molecular flexibility index (Phi) is 4.41. The van der Waals surface area contributed by atoms with Crippen LogP contribution in [-0.4, -0.2) is 23.0 Å². The van der Waals surface area contributed by atoms with Crippen molar-refractivity contribution in [2.75, 3.05) is 7.05 Å². The van der Waals surface area contributed by atoms with Crippen molar-refractivity contribution in [1.29, 1.82) is 0 Å². The lowest BCUT2D eigenvalue weighted by Crippen LogP contribution is -2.34. The standard InChI is InChI=1S/C14H21ClN2/c1-11-3-5-14(6-4-11)17(2)10-13-9-12(15)7-8-16-13/h7-9,11,14H,3-6,10H2,1-2H3. The van der Waals surface area contributed by atoms with Gasteiger partial charge in [0.1, 0.15) is 0 Å². The molecule has 0 unspecified atom stereocenters. The summed E-state index contributed by atoms with van der Waals surface area (Å²) in [6.45, 7) is 3.26. The Labute approximate surface area is 109 Å². The lowest BCUT2D eigenvalue weighted by Gasteiger charge is -2.33. The lowest BCUT2D eigenvalue weighted by atomic mass is 9.87. The van der Waals surface area contributed by atoms with E-state index in [-0.39, 0.29) is 0 Å². The normalized spacial score (nSPS) is 25.2. The molecule has 1 fully saturated rings. The Morgan fingerprint density at radius 1 is 1.35 bits per heavy atom. The number of hydrogen-bond donors (Lipinski definition) is 0. The van der Waals surface area contributed by atoms with Crippen LogP contribution in [0.25, 0.3) is 0 Å². The molecule has 1 aromatic heterocycles. The second-order valence-electron chi connectivity index (χ2n) is 5.29. The van der Waals surface area contributed by atoms with Crippen LogP contribution in [0.2, 0.25) is 5.02 Å². The van der Waals surface area contributed by atoms with Gasteiger partial charge in [0.05, 0.1) is 5.69 Å². The summed E-state index contributed by atoms with van der Waals surface area (Å²) in [5.74, 6) is 0.906. The Morgan fingerprint density at radius 3 is 2.71 bits per heavy atom. The molecule has 2 rings (SSSR count). The van der Waals surface area contributed by atoms with E-state index in [0.717, 1.165) is 23.2 Å². The van der Waals surface area contributed by atoms with Crippen LogP contribution in [0.1, 0.15) is 38.3 Å². The molecule has 0 atom stereocenters. The van der Waals surface area contributed by atoms with E-state index < -0.39 is 0 Å². The van der Waals surface area contributed by atoms with E-state index in [2.05, 4.69) is 23.9 Å². The highest BCUT2D eigenvalue weighted by atomic mass is 35.5. The molecule has 3 heteroatoms. The Hall–Kier alpha value is -0.600. The average Bonchev–Trinajstić information content (AvgIpc) is 2.29. The van der Waals surface area contributed by atoms with E-state index in [1.54, 1.807) is 6.20 Å². The van der Waals surface area contributed by atoms with Gasteiger partial charge in [-0.3, -0.25) is 9.88 Å². The summed E-state index contributed by atoms with van der Waals surface area (Å²) in [7, 11) is 2.20. The Bertz CT molecular complexity index is 359. The number of hydrogen-bond acceptors (Lipinski definition) is 2. The first-order valence-corrected chi connectivity index (χ1v) is 6.83. The van der Waals surface area contributed by atoms with Gasteiger partial charge in [0.25, 0.3) is 0 Å². The van der Waals surface area contributed by atoms with Crippen molar-refractivity contribution in [2.24, 2.45) is 5.92 Å². The van der Waals surface area contributed by atoms with Crippen LogP contribution in [0.15, 0.2) is 18.3 Å². The molecular formula is C14H21ClN2. The summed E-state index contributed by atoms with van der Waals surface area (Å²) in [5, 5.41) is 0.778. The quantitative estimate of drug-likeness (QED) is 0.815. The first kappa shape index (κ1) is 12.8.